The van der Waals surface area contributed by atoms with Gasteiger partial charge in [-0.05, 0) is 55.8 Å². The van der Waals surface area contributed by atoms with Crippen molar-refractivity contribution < 1.29 is 9.53 Å². The van der Waals surface area contributed by atoms with Gasteiger partial charge in [-0.15, -0.1) is 0 Å². The highest BCUT2D eigenvalue weighted by Gasteiger charge is 2.16. The fourth-order valence-electron chi connectivity index (χ4n) is 3.38. The van der Waals surface area contributed by atoms with Crippen LogP contribution < -0.4 is 10.2 Å². The van der Waals surface area contributed by atoms with Gasteiger partial charge >= 0.3 is 0 Å². The Morgan fingerprint density at radius 3 is 2.86 bits per heavy atom. The summed E-state index contributed by atoms with van der Waals surface area (Å²) < 4.78 is 5.50. The fourth-order valence-corrected chi connectivity index (χ4v) is 3.55. The summed E-state index contributed by atoms with van der Waals surface area (Å²) in [5.74, 6) is 0.573. The number of hydrogen-bond acceptors (Lipinski definition) is 4. The SMILES string of the molecule is C[C@H](NC(=O)c1ccc(N2CCCOCC2)cc1)c1nc2ccc(Cl)cc2[nH]1. The Morgan fingerprint density at radius 2 is 2.04 bits per heavy atom. The van der Waals surface area contributed by atoms with Crippen LogP contribution in [0.1, 0.15) is 35.6 Å². The van der Waals surface area contributed by atoms with Gasteiger partial charge in [-0.25, -0.2) is 4.98 Å². The standard InChI is InChI=1S/C21H23ClN4O2/c1-14(20-24-18-8-5-16(22)13-19(18)25-20)23-21(27)15-3-6-17(7-4-15)26-9-2-11-28-12-10-26/h3-8,13-14H,2,9-12H2,1H3,(H,23,27)(H,24,25)/t14-/m0/s1. The molecule has 2 N–H and O–H groups in total. The molecule has 1 fully saturated rings. The Morgan fingerprint density at radius 1 is 1.21 bits per heavy atom. The minimum absolute atomic E-state index is 0.128. The number of ether oxygens (including phenoxy) is 1. The normalized spacial score (nSPS) is 16.0. The van der Waals surface area contributed by atoms with Gasteiger partial charge in [-0.2, -0.15) is 0 Å². The molecular formula is C21H23ClN4O2. The van der Waals surface area contributed by atoms with E-state index in [4.69, 9.17) is 16.3 Å². The maximum absolute atomic E-state index is 12.6. The number of imidazole rings is 1. The van der Waals surface area contributed by atoms with Crippen molar-refractivity contribution in [3.05, 3.63) is 58.9 Å². The molecule has 7 heteroatoms. The van der Waals surface area contributed by atoms with Gasteiger partial charge in [0.25, 0.3) is 5.91 Å². The molecule has 0 bridgehead atoms. The first-order valence-corrected chi connectivity index (χ1v) is 9.87. The number of fused-ring (bicyclic) bond motifs is 1. The lowest BCUT2D eigenvalue weighted by molar-refractivity contribution is 0.0938. The van der Waals surface area contributed by atoms with Crippen molar-refractivity contribution >= 4 is 34.2 Å². The van der Waals surface area contributed by atoms with Crippen LogP contribution in [0.3, 0.4) is 0 Å². The Bertz CT molecular complexity index is 962. The maximum Gasteiger partial charge on any atom is 0.251 e. The topological polar surface area (TPSA) is 70.2 Å². The number of carbonyl (C=O) groups is 1. The zero-order chi connectivity index (χ0) is 19.5. The summed E-state index contributed by atoms with van der Waals surface area (Å²) >= 11 is 6.02. The summed E-state index contributed by atoms with van der Waals surface area (Å²) in [6.45, 7) is 5.30. The van der Waals surface area contributed by atoms with Crippen LogP contribution in [-0.2, 0) is 4.74 Å². The number of amides is 1. The Kier molecular flexibility index (Phi) is 5.50. The summed E-state index contributed by atoms with van der Waals surface area (Å²) in [6.07, 6.45) is 1.02. The molecule has 0 saturated carbocycles. The van der Waals surface area contributed by atoms with E-state index in [2.05, 4.69) is 20.2 Å². The molecule has 1 saturated heterocycles. The third-order valence-corrected chi connectivity index (χ3v) is 5.17. The molecule has 28 heavy (non-hydrogen) atoms. The Labute approximate surface area is 168 Å². The van der Waals surface area contributed by atoms with E-state index in [1.165, 1.54) is 0 Å². The van der Waals surface area contributed by atoms with E-state index in [0.717, 1.165) is 49.4 Å². The number of aromatic nitrogens is 2. The van der Waals surface area contributed by atoms with Crippen LogP contribution >= 0.6 is 11.6 Å². The van der Waals surface area contributed by atoms with Crippen molar-refractivity contribution in [1.29, 1.82) is 0 Å². The molecule has 6 nitrogen and oxygen atoms in total. The molecule has 0 unspecified atom stereocenters. The third kappa shape index (κ3) is 4.13. The number of rotatable bonds is 4. The molecule has 146 valence electrons. The van der Waals surface area contributed by atoms with Crippen molar-refractivity contribution in [2.24, 2.45) is 0 Å². The molecule has 4 rings (SSSR count). The summed E-state index contributed by atoms with van der Waals surface area (Å²) in [5.41, 5.74) is 3.42. The molecule has 0 aliphatic carbocycles. The van der Waals surface area contributed by atoms with E-state index in [-0.39, 0.29) is 11.9 Å². The van der Waals surface area contributed by atoms with Gasteiger partial charge < -0.3 is 19.9 Å². The average Bonchev–Trinajstić information content (AvgIpc) is 2.93. The van der Waals surface area contributed by atoms with E-state index in [9.17, 15) is 4.79 Å². The van der Waals surface area contributed by atoms with Crippen LogP contribution in [-0.4, -0.2) is 42.2 Å². The van der Waals surface area contributed by atoms with Crippen LogP contribution in [0.25, 0.3) is 11.0 Å². The van der Waals surface area contributed by atoms with E-state index in [0.29, 0.717) is 16.4 Å². The van der Waals surface area contributed by atoms with Gasteiger partial charge in [0, 0.05) is 36.0 Å². The number of nitrogens with one attached hydrogen (secondary N) is 2. The third-order valence-electron chi connectivity index (χ3n) is 4.94. The summed E-state index contributed by atoms with van der Waals surface area (Å²) in [7, 11) is 0. The number of carbonyl (C=O) groups excluding carboxylic acids is 1. The van der Waals surface area contributed by atoms with Gasteiger partial charge in [0.15, 0.2) is 0 Å². The van der Waals surface area contributed by atoms with Crippen molar-refractivity contribution in [3.8, 4) is 0 Å². The first kappa shape index (κ1) is 18.8. The first-order valence-electron chi connectivity index (χ1n) is 9.49. The summed E-state index contributed by atoms with van der Waals surface area (Å²) in [6, 6.07) is 13.0. The number of aromatic amines is 1. The first-order chi connectivity index (χ1) is 13.6. The van der Waals surface area contributed by atoms with Crippen LogP contribution in [0.4, 0.5) is 5.69 Å². The van der Waals surface area contributed by atoms with E-state index in [1.807, 2.05) is 43.3 Å². The van der Waals surface area contributed by atoms with Gasteiger partial charge in [0.2, 0.25) is 0 Å². The summed E-state index contributed by atoms with van der Waals surface area (Å²) in [4.78, 5) is 22.7. The highest BCUT2D eigenvalue weighted by molar-refractivity contribution is 6.31. The average molecular weight is 399 g/mol. The minimum Gasteiger partial charge on any atom is -0.380 e. The predicted molar refractivity (Wildman–Crippen MR) is 111 cm³/mol. The van der Waals surface area contributed by atoms with Gasteiger partial charge in [-0.3, -0.25) is 4.79 Å². The van der Waals surface area contributed by atoms with Crippen LogP contribution in [0, 0.1) is 0 Å². The van der Waals surface area contributed by atoms with Gasteiger partial charge in [0.05, 0.1) is 23.7 Å². The van der Waals surface area contributed by atoms with Crippen LogP contribution in [0.15, 0.2) is 42.5 Å². The predicted octanol–water partition coefficient (Wildman–Crippen LogP) is 3.93. The molecule has 1 amide bonds. The van der Waals surface area contributed by atoms with Crippen molar-refractivity contribution in [1.82, 2.24) is 15.3 Å². The second-order valence-electron chi connectivity index (χ2n) is 6.98. The largest absolute Gasteiger partial charge is 0.380 e. The Hall–Kier alpha value is -2.57. The van der Waals surface area contributed by atoms with Crippen molar-refractivity contribution in [2.75, 3.05) is 31.2 Å². The quantitative estimate of drug-likeness (QED) is 0.698. The number of H-pyrrole nitrogens is 1. The lowest BCUT2D eigenvalue weighted by Gasteiger charge is -2.22. The second-order valence-corrected chi connectivity index (χ2v) is 7.41. The molecule has 0 radical (unpaired) electrons. The lowest BCUT2D eigenvalue weighted by atomic mass is 10.1. The lowest BCUT2D eigenvalue weighted by Crippen LogP contribution is -2.28. The smallest absolute Gasteiger partial charge is 0.251 e. The number of benzene rings is 2. The molecule has 2 aromatic carbocycles. The molecule has 1 aliphatic rings. The maximum atomic E-state index is 12.6. The second kappa shape index (κ2) is 8.20. The molecule has 1 atom stereocenters. The number of halogens is 1. The molecule has 1 aliphatic heterocycles. The van der Waals surface area contributed by atoms with E-state index in [1.54, 1.807) is 6.07 Å². The molecule has 3 aromatic rings. The Balaban J connectivity index is 1.43. The molecule has 1 aromatic heterocycles. The summed E-state index contributed by atoms with van der Waals surface area (Å²) in [5, 5.41) is 3.65. The van der Waals surface area contributed by atoms with E-state index >= 15 is 0 Å². The minimum atomic E-state index is -0.249. The molecule has 0 spiro atoms. The highest BCUT2D eigenvalue weighted by Crippen LogP contribution is 2.21. The molecular weight excluding hydrogens is 376 g/mol. The van der Waals surface area contributed by atoms with E-state index < -0.39 is 0 Å². The van der Waals surface area contributed by atoms with Crippen molar-refractivity contribution in [3.63, 3.8) is 0 Å². The van der Waals surface area contributed by atoms with Gasteiger partial charge in [-0.1, -0.05) is 11.6 Å². The zero-order valence-electron chi connectivity index (χ0n) is 15.7. The highest BCUT2D eigenvalue weighted by atomic mass is 35.5. The monoisotopic (exact) mass is 398 g/mol. The van der Waals surface area contributed by atoms with Crippen molar-refractivity contribution in [2.45, 2.75) is 19.4 Å². The number of nitrogens with zero attached hydrogens (tertiary/aromatic N) is 2. The number of anilines is 1. The zero-order valence-corrected chi connectivity index (χ0v) is 16.5. The fraction of sp³-hybridized carbons (Fsp3) is 0.333. The molecule has 2 heterocycles. The number of hydrogen-bond donors (Lipinski definition) is 2. The van der Waals surface area contributed by atoms with Crippen LogP contribution in [0.2, 0.25) is 5.02 Å². The van der Waals surface area contributed by atoms with Crippen LogP contribution in [0.5, 0.6) is 0 Å². The van der Waals surface area contributed by atoms with Gasteiger partial charge in [0.1, 0.15) is 5.82 Å².